The Bertz CT molecular complexity index is 304. The molecule has 1 aliphatic rings. The van der Waals surface area contributed by atoms with Gasteiger partial charge in [-0.2, -0.15) is 0 Å². The minimum Gasteiger partial charge on any atom is -0.396 e. The van der Waals surface area contributed by atoms with Gasteiger partial charge in [-0.25, -0.2) is 4.98 Å². The Hall–Kier alpha value is -0.870. The highest BCUT2D eigenvalue weighted by molar-refractivity contribution is 5.00. The number of nitrogens with one attached hydrogen (secondary N) is 2. The van der Waals surface area contributed by atoms with Crippen LogP contribution in [0.25, 0.3) is 0 Å². The second-order valence-corrected chi connectivity index (χ2v) is 4.26. The Morgan fingerprint density at radius 1 is 1.64 bits per heavy atom. The normalized spacial score (nSPS) is 18.4. The maximum atomic E-state index is 9.10. The number of hydrogen-bond acceptors (Lipinski definition) is 3. The van der Waals surface area contributed by atoms with Crippen molar-refractivity contribution in [3.8, 4) is 0 Å². The number of aromatic nitrogens is 2. The quantitative estimate of drug-likeness (QED) is 0.644. The third kappa shape index (κ3) is 2.13. The molecule has 1 fully saturated rings. The number of nitrogens with zero attached hydrogens (tertiary/aromatic N) is 1. The lowest BCUT2D eigenvalue weighted by molar-refractivity contribution is 0.207. The summed E-state index contributed by atoms with van der Waals surface area (Å²) in [4.78, 5) is 7.29. The lowest BCUT2D eigenvalue weighted by Gasteiger charge is -2.11. The van der Waals surface area contributed by atoms with E-state index in [1.54, 1.807) is 0 Å². The molecule has 0 aliphatic heterocycles. The van der Waals surface area contributed by atoms with Crippen molar-refractivity contribution in [1.82, 2.24) is 15.3 Å². The first-order chi connectivity index (χ1) is 6.74. The van der Waals surface area contributed by atoms with E-state index in [2.05, 4.69) is 15.3 Å². The van der Waals surface area contributed by atoms with E-state index in [1.165, 1.54) is 0 Å². The van der Waals surface area contributed by atoms with Crippen molar-refractivity contribution < 1.29 is 5.11 Å². The first kappa shape index (κ1) is 9.68. The molecule has 78 valence electrons. The van der Waals surface area contributed by atoms with Crippen LogP contribution < -0.4 is 5.32 Å². The number of aliphatic hydroxyl groups excluding tert-OH is 1. The van der Waals surface area contributed by atoms with Crippen molar-refractivity contribution in [1.29, 1.82) is 0 Å². The van der Waals surface area contributed by atoms with E-state index in [9.17, 15) is 0 Å². The van der Waals surface area contributed by atoms with Gasteiger partial charge in [0.15, 0.2) is 0 Å². The zero-order valence-corrected chi connectivity index (χ0v) is 8.51. The minimum absolute atomic E-state index is 0.190. The summed E-state index contributed by atoms with van der Waals surface area (Å²) in [6.07, 6.45) is 4.15. The molecule has 4 nitrogen and oxygen atoms in total. The average Bonchev–Trinajstić information content (AvgIpc) is 2.84. The van der Waals surface area contributed by atoms with Crippen LogP contribution >= 0.6 is 0 Å². The molecule has 3 N–H and O–H groups in total. The minimum atomic E-state index is 0.190. The smallest absolute Gasteiger partial charge is 0.103 e. The molecule has 1 heterocycles. The van der Waals surface area contributed by atoms with E-state index < -0.39 is 0 Å². The zero-order chi connectivity index (χ0) is 10.0. The third-order valence-corrected chi connectivity index (χ3v) is 2.86. The summed E-state index contributed by atoms with van der Waals surface area (Å²) in [6, 6.07) is 0. The highest BCUT2D eigenvalue weighted by Gasteiger charge is 2.41. The van der Waals surface area contributed by atoms with Crippen LogP contribution in [0.4, 0.5) is 0 Å². The van der Waals surface area contributed by atoms with Crippen molar-refractivity contribution in [2.24, 2.45) is 5.41 Å². The van der Waals surface area contributed by atoms with Gasteiger partial charge in [-0.1, -0.05) is 0 Å². The molecule has 4 heteroatoms. The molecule has 0 amide bonds. The van der Waals surface area contributed by atoms with Gasteiger partial charge < -0.3 is 15.4 Å². The lowest BCUT2D eigenvalue weighted by atomic mass is 10.1. The monoisotopic (exact) mass is 195 g/mol. The van der Waals surface area contributed by atoms with Crippen molar-refractivity contribution in [2.75, 3.05) is 13.2 Å². The Balaban J connectivity index is 1.73. The van der Waals surface area contributed by atoms with Crippen LogP contribution in [0.1, 0.15) is 24.4 Å². The maximum Gasteiger partial charge on any atom is 0.103 e. The van der Waals surface area contributed by atoms with Gasteiger partial charge in [0, 0.05) is 37.0 Å². The predicted octanol–water partition coefficient (Wildman–Crippen LogP) is 0.580. The average molecular weight is 195 g/mol. The molecule has 0 bridgehead atoms. The van der Waals surface area contributed by atoms with E-state index in [-0.39, 0.29) is 5.41 Å². The largest absolute Gasteiger partial charge is 0.396 e. The first-order valence-corrected chi connectivity index (χ1v) is 5.06. The van der Waals surface area contributed by atoms with Crippen molar-refractivity contribution in [2.45, 2.75) is 26.3 Å². The van der Waals surface area contributed by atoms with E-state index in [0.717, 1.165) is 37.4 Å². The molecule has 0 saturated heterocycles. The molecule has 1 aliphatic carbocycles. The van der Waals surface area contributed by atoms with Crippen molar-refractivity contribution >= 4 is 0 Å². The summed E-state index contributed by atoms with van der Waals surface area (Å²) in [6.45, 7) is 3.96. The molecule has 1 aromatic rings. The van der Waals surface area contributed by atoms with Gasteiger partial charge in [0.2, 0.25) is 0 Å². The molecule has 0 unspecified atom stereocenters. The van der Waals surface area contributed by atoms with Gasteiger partial charge in [-0.15, -0.1) is 0 Å². The zero-order valence-electron chi connectivity index (χ0n) is 8.51. The molecule has 0 aromatic carbocycles. The number of aryl methyl sites for hydroxylation is 1. The molecular weight excluding hydrogens is 178 g/mol. The Kier molecular flexibility index (Phi) is 2.56. The SMILES string of the molecule is Cc1ncc(CNCC2(CO)CC2)[nH]1. The number of imidazole rings is 1. The molecular formula is C10H17N3O. The van der Waals surface area contributed by atoms with E-state index >= 15 is 0 Å². The van der Waals surface area contributed by atoms with Gasteiger partial charge in [-0.3, -0.25) is 0 Å². The Morgan fingerprint density at radius 2 is 2.43 bits per heavy atom. The summed E-state index contributed by atoms with van der Waals surface area (Å²) < 4.78 is 0. The highest BCUT2D eigenvalue weighted by atomic mass is 16.3. The molecule has 14 heavy (non-hydrogen) atoms. The number of aromatic amines is 1. The van der Waals surface area contributed by atoms with Gasteiger partial charge in [0.05, 0.1) is 0 Å². The van der Waals surface area contributed by atoms with Crippen LogP contribution in [0.15, 0.2) is 6.20 Å². The van der Waals surface area contributed by atoms with Crippen LogP contribution in [-0.2, 0) is 6.54 Å². The Labute approximate surface area is 83.8 Å². The fraction of sp³-hybridized carbons (Fsp3) is 0.700. The van der Waals surface area contributed by atoms with Gasteiger partial charge in [0.1, 0.15) is 5.82 Å². The van der Waals surface area contributed by atoms with Crippen LogP contribution in [0, 0.1) is 12.3 Å². The van der Waals surface area contributed by atoms with Gasteiger partial charge in [0.25, 0.3) is 0 Å². The summed E-state index contributed by atoms with van der Waals surface area (Å²) in [5.41, 5.74) is 1.30. The lowest BCUT2D eigenvalue weighted by Crippen LogP contribution is -2.26. The Morgan fingerprint density at radius 3 is 2.93 bits per heavy atom. The van der Waals surface area contributed by atoms with Crippen LogP contribution in [0.3, 0.4) is 0 Å². The molecule has 0 atom stereocenters. The molecule has 1 saturated carbocycles. The molecule has 1 aromatic heterocycles. The van der Waals surface area contributed by atoms with Crippen LogP contribution in [0.2, 0.25) is 0 Å². The van der Waals surface area contributed by atoms with E-state index in [1.807, 2.05) is 13.1 Å². The summed E-state index contributed by atoms with van der Waals surface area (Å²) in [5.74, 6) is 0.949. The second kappa shape index (κ2) is 3.71. The topological polar surface area (TPSA) is 60.9 Å². The van der Waals surface area contributed by atoms with Gasteiger partial charge in [-0.05, 0) is 19.8 Å². The van der Waals surface area contributed by atoms with Crippen LogP contribution in [-0.4, -0.2) is 28.2 Å². The number of rotatable bonds is 5. The predicted molar refractivity (Wildman–Crippen MR) is 53.8 cm³/mol. The third-order valence-electron chi connectivity index (χ3n) is 2.86. The first-order valence-electron chi connectivity index (χ1n) is 5.06. The summed E-state index contributed by atoms with van der Waals surface area (Å²) >= 11 is 0. The summed E-state index contributed by atoms with van der Waals surface area (Å²) in [7, 11) is 0. The molecule has 0 radical (unpaired) electrons. The standard InChI is InChI=1S/C10H17N3O/c1-8-12-5-9(13-8)4-11-6-10(7-14)2-3-10/h5,11,14H,2-4,6-7H2,1H3,(H,12,13). The highest BCUT2D eigenvalue weighted by Crippen LogP contribution is 2.44. The second-order valence-electron chi connectivity index (χ2n) is 4.26. The van der Waals surface area contributed by atoms with E-state index in [4.69, 9.17) is 5.11 Å². The maximum absolute atomic E-state index is 9.10. The van der Waals surface area contributed by atoms with Crippen molar-refractivity contribution in [3.63, 3.8) is 0 Å². The number of hydrogen-bond donors (Lipinski definition) is 3. The number of aliphatic hydroxyl groups is 1. The molecule has 2 rings (SSSR count). The summed E-state index contributed by atoms with van der Waals surface area (Å²) in [5, 5.41) is 12.4. The number of H-pyrrole nitrogens is 1. The fourth-order valence-corrected chi connectivity index (χ4v) is 1.59. The van der Waals surface area contributed by atoms with E-state index in [0.29, 0.717) is 6.61 Å². The molecule has 0 spiro atoms. The van der Waals surface area contributed by atoms with Crippen molar-refractivity contribution in [3.05, 3.63) is 17.7 Å². The van der Waals surface area contributed by atoms with Crippen LogP contribution in [0.5, 0.6) is 0 Å². The fourth-order valence-electron chi connectivity index (χ4n) is 1.59. The van der Waals surface area contributed by atoms with Gasteiger partial charge >= 0.3 is 0 Å².